The number of amides is 1. The first-order valence-electron chi connectivity index (χ1n) is 23.2. The van der Waals surface area contributed by atoms with E-state index in [-0.39, 0.29) is 38.6 Å². The van der Waals surface area contributed by atoms with Crippen LogP contribution in [0.15, 0.2) is 0 Å². The smallest absolute Gasteiger partial charge is 0.408 e. The lowest BCUT2D eigenvalue weighted by atomic mass is 9.74. The number of esters is 2. The number of ketones is 1. The highest BCUT2D eigenvalue weighted by Gasteiger charge is 2.51. The summed E-state index contributed by atoms with van der Waals surface area (Å²) in [7, 11) is 1.66. The van der Waals surface area contributed by atoms with E-state index in [9.17, 15) is 49.8 Å². The van der Waals surface area contributed by atoms with Gasteiger partial charge in [-0.15, -0.1) is 0 Å². The molecule has 0 saturated carbocycles. The molecule has 3 fully saturated rings. The molecule has 3 rings (SSSR count). The van der Waals surface area contributed by atoms with Crippen LogP contribution in [0.25, 0.3) is 0 Å². The number of Topliss-reactive ketones (excluding diaryl/α,β-unsaturated/α-hetero) is 1. The Bertz CT molecular complexity index is 1570. The minimum absolute atomic E-state index is 0.0644. The molecule has 3 saturated heterocycles. The van der Waals surface area contributed by atoms with Crippen LogP contribution in [0.4, 0.5) is 4.79 Å². The largest absolute Gasteiger partial charge is 0.462 e. The van der Waals surface area contributed by atoms with Crippen molar-refractivity contribution in [2.75, 3.05) is 26.7 Å². The van der Waals surface area contributed by atoms with Gasteiger partial charge in [0.05, 0.1) is 48.1 Å². The topological polar surface area (TPSA) is 270 Å². The lowest BCUT2D eigenvalue weighted by Crippen LogP contribution is -2.59. The number of ether oxygens (including phenoxy) is 7. The molecule has 3 heterocycles. The first-order valence-corrected chi connectivity index (χ1v) is 23.2. The molecule has 1 amide bonds. The van der Waals surface area contributed by atoms with Crippen molar-refractivity contribution in [3.05, 3.63) is 0 Å². The van der Waals surface area contributed by atoms with E-state index >= 15 is 0 Å². The molecule has 0 radical (unpaired) electrons. The van der Waals surface area contributed by atoms with Gasteiger partial charge in [0.25, 0.3) is 0 Å². The summed E-state index contributed by atoms with van der Waals surface area (Å²) in [5, 5.41) is 71.6. The van der Waals surface area contributed by atoms with Crippen molar-refractivity contribution in [2.24, 2.45) is 23.2 Å². The van der Waals surface area contributed by atoms with Gasteiger partial charge in [0, 0.05) is 42.7 Å². The summed E-state index contributed by atoms with van der Waals surface area (Å²) in [6, 6.07) is -0.691. The second kappa shape index (κ2) is 23.2. The van der Waals surface area contributed by atoms with Crippen molar-refractivity contribution >= 4 is 23.8 Å². The van der Waals surface area contributed by atoms with Crippen molar-refractivity contribution in [3.8, 4) is 0 Å². The van der Waals surface area contributed by atoms with E-state index in [1.165, 1.54) is 20.8 Å². The summed E-state index contributed by atoms with van der Waals surface area (Å²) < 4.78 is 41.8. The van der Waals surface area contributed by atoms with E-state index < -0.39 is 150 Å². The Labute approximate surface area is 385 Å². The van der Waals surface area contributed by atoms with Gasteiger partial charge in [-0.25, -0.2) is 4.79 Å². The molecule has 0 aliphatic carbocycles. The van der Waals surface area contributed by atoms with Crippen LogP contribution in [0.3, 0.4) is 0 Å². The highest BCUT2D eigenvalue weighted by molar-refractivity contribution is 5.83. The molecule has 0 aromatic heterocycles. The predicted molar refractivity (Wildman–Crippen MR) is 235 cm³/mol. The SMILES string of the molecule is CC[C@H]1OC(=O)[C@H](C)[C@@H](OC2C[C@@](C)(CC)[C@@H](O)[C@H](C)O2)C[C@@H](OC2O[C@H](C)C[C@H](N(C)CC(O)COC(=O)CNC(=O)OC(C)(C)C)[C@H]2O)[C@](C)(O)C[C@@H](C)C(=O)[C@H](C)[C@@H](O)[C@]1(C)O. The zero-order valence-corrected chi connectivity index (χ0v) is 41.1. The number of hydrogen-bond acceptors (Lipinski definition) is 18. The highest BCUT2D eigenvalue weighted by Crippen LogP contribution is 2.42. The average molecular weight is 935 g/mol. The molecule has 378 valence electrons. The van der Waals surface area contributed by atoms with Gasteiger partial charge in [0.2, 0.25) is 0 Å². The van der Waals surface area contributed by atoms with Crippen molar-refractivity contribution in [2.45, 2.75) is 219 Å². The number of aliphatic hydroxyl groups is 6. The van der Waals surface area contributed by atoms with Gasteiger partial charge in [-0.2, -0.15) is 0 Å². The number of nitrogens with one attached hydrogen (secondary N) is 1. The van der Waals surface area contributed by atoms with Crippen molar-refractivity contribution in [1.29, 1.82) is 0 Å². The predicted octanol–water partition coefficient (Wildman–Crippen LogP) is 2.35. The number of carbonyl (C=O) groups is 4. The fourth-order valence-electron chi connectivity index (χ4n) is 9.23. The minimum Gasteiger partial charge on any atom is -0.462 e. The standard InChI is InChI=1S/C46H82N2O17/c1-15-32-46(13,58)38(53)27(6)36(51)24(3)19-45(12,57)33(18-31(26(5)40(55)63-32)62-35-20-44(11,16-2)39(54)28(7)61-35)64-41-37(52)30(17-25(4)60-41)48(14)22-29(49)23-59-34(50)21-47-42(56)65-43(8,9)10/h24-33,35,37-39,41,49,52-54,57-58H,15-23H2,1-14H3,(H,47,56)/t24-,25-,26-,27+,28+,29?,30+,31+,32-,33-,35?,37-,38-,39+,41?,44-,45-,46-/m1/s1. The molecule has 0 spiro atoms. The van der Waals surface area contributed by atoms with Crippen molar-refractivity contribution in [1.82, 2.24) is 10.2 Å². The molecule has 19 heteroatoms. The van der Waals surface area contributed by atoms with Gasteiger partial charge in [0.15, 0.2) is 12.6 Å². The Kier molecular flexibility index (Phi) is 20.2. The van der Waals surface area contributed by atoms with Gasteiger partial charge in [-0.3, -0.25) is 19.3 Å². The van der Waals surface area contributed by atoms with Crippen molar-refractivity contribution < 1.29 is 83.0 Å². The molecule has 19 nitrogen and oxygen atoms in total. The monoisotopic (exact) mass is 935 g/mol. The number of likely N-dealkylation sites (N-methyl/N-ethyl adjacent to an activating group) is 1. The summed E-state index contributed by atoms with van der Waals surface area (Å²) in [6.07, 6.45) is -12.2. The maximum atomic E-state index is 14.2. The fourth-order valence-corrected chi connectivity index (χ4v) is 9.23. The summed E-state index contributed by atoms with van der Waals surface area (Å²) in [4.78, 5) is 54.0. The second-order valence-corrected chi connectivity index (χ2v) is 20.6. The van der Waals surface area contributed by atoms with Crippen LogP contribution in [0.2, 0.25) is 0 Å². The van der Waals surface area contributed by atoms with E-state index in [1.807, 2.05) is 13.8 Å². The van der Waals surface area contributed by atoms with Crippen LogP contribution in [0.1, 0.15) is 129 Å². The molecule has 3 unspecified atom stereocenters. The Balaban J connectivity index is 1.95. The van der Waals surface area contributed by atoms with E-state index in [0.29, 0.717) is 6.42 Å². The number of cyclic esters (lactones) is 1. The number of alkyl carbamates (subject to hydrolysis) is 1. The fraction of sp³-hybridized carbons (Fsp3) is 0.913. The third-order valence-electron chi connectivity index (χ3n) is 13.6. The maximum Gasteiger partial charge on any atom is 0.408 e. The Morgan fingerprint density at radius 3 is 2.14 bits per heavy atom. The Morgan fingerprint density at radius 2 is 1.55 bits per heavy atom. The number of aliphatic hydroxyl groups excluding tert-OH is 4. The molecule has 0 bridgehead atoms. The van der Waals surface area contributed by atoms with E-state index in [0.717, 1.165) is 0 Å². The molecule has 0 aromatic carbocycles. The van der Waals surface area contributed by atoms with Gasteiger partial charge in [-0.05, 0) is 88.1 Å². The van der Waals surface area contributed by atoms with E-state index in [4.69, 9.17) is 33.2 Å². The van der Waals surface area contributed by atoms with Crippen LogP contribution in [-0.2, 0) is 47.5 Å². The summed E-state index contributed by atoms with van der Waals surface area (Å²) >= 11 is 0. The van der Waals surface area contributed by atoms with Crippen LogP contribution < -0.4 is 5.32 Å². The van der Waals surface area contributed by atoms with Gasteiger partial charge < -0.3 is 69.1 Å². The molecule has 7 N–H and O–H groups in total. The lowest BCUT2D eigenvalue weighted by Gasteiger charge is -2.47. The first kappa shape index (κ1) is 56.8. The number of carbonyl (C=O) groups excluding carboxylic acids is 4. The molecular weight excluding hydrogens is 853 g/mol. The van der Waals surface area contributed by atoms with Crippen LogP contribution in [0, 0.1) is 23.2 Å². The van der Waals surface area contributed by atoms with Crippen LogP contribution in [-0.4, -0.2) is 176 Å². The Hall–Kier alpha value is -2.56. The second-order valence-electron chi connectivity index (χ2n) is 20.6. The minimum atomic E-state index is -2.04. The molecule has 3 aliphatic rings. The van der Waals surface area contributed by atoms with Crippen LogP contribution >= 0.6 is 0 Å². The summed E-state index contributed by atoms with van der Waals surface area (Å²) in [6.45, 7) is 20.5. The van der Waals surface area contributed by atoms with Crippen LogP contribution in [0.5, 0.6) is 0 Å². The normalized spacial score (nSPS) is 40.9. The average Bonchev–Trinajstić information content (AvgIpc) is 3.21. The first-order chi connectivity index (χ1) is 29.9. The zero-order chi connectivity index (χ0) is 49.6. The van der Waals surface area contributed by atoms with Gasteiger partial charge in [-0.1, -0.05) is 34.6 Å². The summed E-state index contributed by atoms with van der Waals surface area (Å²) in [5.74, 6) is -5.20. The van der Waals surface area contributed by atoms with Gasteiger partial charge in [0.1, 0.15) is 48.4 Å². The van der Waals surface area contributed by atoms with Gasteiger partial charge >= 0.3 is 18.0 Å². The number of rotatable bonds is 13. The molecule has 65 heavy (non-hydrogen) atoms. The Morgan fingerprint density at radius 1 is 0.923 bits per heavy atom. The molecular formula is C46H82N2O17. The quantitative estimate of drug-likeness (QED) is 0.103. The molecule has 0 aromatic rings. The van der Waals surface area contributed by atoms with E-state index in [1.54, 1.807) is 67.3 Å². The van der Waals surface area contributed by atoms with Crippen molar-refractivity contribution in [3.63, 3.8) is 0 Å². The highest BCUT2D eigenvalue weighted by atomic mass is 16.7. The summed E-state index contributed by atoms with van der Waals surface area (Å²) in [5.41, 5.74) is -5.31. The van der Waals surface area contributed by atoms with E-state index in [2.05, 4.69) is 5.32 Å². The number of hydrogen-bond donors (Lipinski definition) is 7. The third kappa shape index (κ3) is 15.2. The zero-order valence-electron chi connectivity index (χ0n) is 41.1. The maximum absolute atomic E-state index is 14.2. The lowest BCUT2D eigenvalue weighted by molar-refractivity contribution is -0.302. The number of nitrogens with zero attached hydrogens (tertiary/aromatic N) is 1. The molecule has 18 atom stereocenters. The third-order valence-corrected chi connectivity index (χ3v) is 13.6. The molecule has 3 aliphatic heterocycles.